The highest BCUT2D eigenvalue weighted by molar-refractivity contribution is 5.92. The highest BCUT2D eigenvalue weighted by atomic mass is 16.3. The zero-order valence-corrected chi connectivity index (χ0v) is 11.8. The number of rotatable bonds is 3. The van der Waals surface area contributed by atoms with Crippen LogP contribution in [-0.2, 0) is 7.05 Å². The molecule has 0 unspecified atom stereocenters. The molecule has 1 amide bonds. The third kappa shape index (κ3) is 3.54. The highest BCUT2D eigenvalue weighted by Gasteiger charge is 2.26. The number of carbonyl (C=O) groups is 1. The standard InChI is InChI=1S/C13H22N4O2/c1-13(2,19)9-16-4-6-17(7-5-16)12(18)11-8-14-10-15(11)3/h8,10,19H,4-7,9H2,1-3H3. The minimum atomic E-state index is -0.686. The van der Waals surface area contributed by atoms with E-state index in [-0.39, 0.29) is 5.91 Å². The lowest BCUT2D eigenvalue weighted by molar-refractivity contribution is 0.0176. The first-order valence-corrected chi connectivity index (χ1v) is 6.57. The van der Waals surface area contributed by atoms with Gasteiger partial charge in [0, 0.05) is 39.8 Å². The first-order chi connectivity index (χ1) is 8.87. The fraction of sp³-hybridized carbons (Fsp3) is 0.692. The molecule has 1 aromatic rings. The summed E-state index contributed by atoms with van der Waals surface area (Å²) in [6.45, 7) is 7.24. The molecule has 19 heavy (non-hydrogen) atoms. The minimum Gasteiger partial charge on any atom is -0.389 e. The summed E-state index contributed by atoms with van der Waals surface area (Å²) in [6, 6.07) is 0. The average Bonchev–Trinajstić information content (AvgIpc) is 2.73. The summed E-state index contributed by atoms with van der Waals surface area (Å²) in [5, 5.41) is 9.80. The van der Waals surface area contributed by atoms with Gasteiger partial charge in [0.25, 0.3) is 5.91 Å². The Kier molecular flexibility index (Phi) is 3.91. The fourth-order valence-electron chi connectivity index (χ4n) is 2.38. The molecular formula is C13H22N4O2. The van der Waals surface area contributed by atoms with Gasteiger partial charge in [0.2, 0.25) is 0 Å². The van der Waals surface area contributed by atoms with Crippen molar-refractivity contribution in [2.24, 2.45) is 7.05 Å². The van der Waals surface area contributed by atoms with Crippen LogP contribution in [0.5, 0.6) is 0 Å². The van der Waals surface area contributed by atoms with E-state index in [2.05, 4.69) is 9.88 Å². The van der Waals surface area contributed by atoms with Gasteiger partial charge in [-0.15, -0.1) is 0 Å². The van der Waals surface area contributed by atoms with E-state index in [0.29, 0.717) is 25.3 Å². The second kappa shape index (κ2) is 5.30. The Labute approximate surface area is 113 Å². The Hall–Kier alpha value is -1.40. The Morgan fingerprint density at radius 3 is 2.47 bits per heavy atom. The number of aryl methyl sites for hydroxylation is 1. The van der Waals surface area contributed by atoms with E-state index in [0.717, 1.165) is 13.1 Å². The quantitative estimate of drug-likeness (QED) is 0.833. The number of imidazole rings is 1. The van der Waals surface area contributed by atoms with Crippen LogP contribution in [0.2, 0.25) is 0 Å². The van der Waals surface area contributed by atoms with Crippen molar-refractivity contribution in [1.29, 1.82) is 0 Å². The molecule has 0 atom stereocenters. The van der Waals surface area contributed by atoms with Gasteiger partial charge >= 0.3 is 0 Å². The van der Waals surface area contributed by atoms with Crippen LogP contribution >= 0.6 is 0 Å². The molecule has 0 aliphatic carbocycles. The smallest absolute Gasteiger partial charge is 0.272 e. The molecule has 2 heterocycles. The summed E-state index contributed by atoms with van der Waals surface area (Å²) in [4.78, 5) is 20.3. The number of carbonyl (C=O) groups excluding carboxylic acids is 1. The van der Waals surface area contributed by atoms with E-state index >= 15 is 0 Å². The molecule has 0 radical (unpaired) electrons. The number of piperazine rings is 1. The van der Waals surface area contributed by atoms with Crippen molar-refractivity contribution < 1.29 is 9.90 Å². The lowest BCUT2D eigenvalue weighted by atomic mass is 10.1. The molecule has 1 aromatic heterocycles. The lowest BCUT2D eigenvalue weighted by Crippen LogP contribution is -2.52. The van der Waals surface area contributed by atoms with E-state index in [1.54, 1.807) is 30.9 Å². The monoisotopic (exact) mass is 266 g/mol. The Bertz CT molecular complexity index is 442. The maximum absolute atomic E-state index is 12.3. The van der Waals surface area contributed by atoms with E-state index in [1.165, 1.54) is 0 Å². The third-order valence-corrected chi connectivity index (χ3v) is 3.31. The molecule has 0 spiro atoms. The van der Waals surface area contributed by atoms with Gasteiger partial charge in [-0.25, -0.2) is 4.98 Å². The zero-order chi connectivity index (χ0) is 14.0. The van der Waals surface area contributed by atoms with Gasteiger partial charge < -0.3 is 14.6 Å². The molecule has 106 valence electrons. The number of hydrogen-bond acceptors (Lipinski definition) is 4. The first-order valence-electron chi connectivity index (χ1n) is 6.57. The fourth-order valence-corrected chi connectivity index (χ4v) is 2.38. The number of amides is 1. The second-order valence-corrected chi connectivity index (χ2v) is 5.77. The van der Waals surface area contributed by atoms with E-state index < -0.39 is 5.60 Å². The number of aliphatic hydroxyl groups is 1. The van der Waals surface area contributed by atoms with Gasteiger partial charge in [0.05, 0.1) is 18.1 Å². The molecule has 2 rings (SSSR count). The summed E-state index contributed by atoms with van der Waals surface area (Å²) in [5.74, 6) is 0.0305. The normalized spacial score (nSPS) is 17.8. The number of β-amino-alcohol motifs (C(OH)–C–C–N with tert-alkyl or cyclic N) is 1. The molecular weight excluding hydrogens is 244 g/mol. The van der Waals surface area contributed by atoms with Gasteiger partial charge in [-0.3, -0.25) is 9.69 Å². The Balaban J connectivity index is 1.90. The van der Waals surface area contributed by atoms with Crippen molar-refractivity contribution in [3.8, 4) is 0 Å². The van der Waals surface area contributed by atoms with Crippen molar-refractivity contribution in [2.45, 2.75) is 19.4 Å². The summed E-state index contributed by atoms with van der Waals surface area (Å²) in [6.07, 6.45) is 3.24. The van der Waals surface area contributed by atoms with Crippen LogP contribution in [0, 0.1) is 0 Å². The molecule has 1 saturated heterocycles. The number of hydrogen-bond donors (Lipinski definition) is 1. The molecule has 1 aliphatic rings. The van der Waals surface area contributed by atoms with Gasteiger partial charge in [-0.05, 0) is 13.8 Å². The van der Waals surface area contributed by atoms with Crippen molar-refractivity contribution in [2.75, 3.05) is 32.7 Å². The van der Waals surface area contributed by atoms with Crippen LogP contribution < -0.4 is 0 Å². The Morgan fingerprint density at radius 1 is 1.37 bits per heavy atom. The van der Waals surface area contributed by atoms with Gasteiger partial charge in [0.15, 0.2) is 0 Å². The molecule has 0 bridgehead atoms. The van der Waals surface area contributed by atoms with E-state index in [4.69, 9.17) is 0 Å². The third-order valence-electron chi connectivity index (χ3n) is 3.31. The maximum Gasteiger partial charge on any atom is 0.272 e. The molecule has 1 aliphatic heterocycles. The predicted molar refractivity (Wildman–Crippen MR) is 71.8 cm³/mol. The average molecular weight is 266 g/mol. The van der Waals surface area contributed by atoms with E-state index in [9.17, 15) is 9.90 Å². The molecule has 1 N–H and O–H groups in total. The molecule has 1 fully saturated rings. The van der Waals surface area contributed by atoms with Crippen LogP contribution in [-0.4, -0.2) is 68.7 Å². The van der Waals surface area contributed by atoms with Gasteiger partial charge in [0.1, 0.15) is 5.69 Å². The SMILES string of the molecule is Cn1cncc1C(=O)N1CCN(CC(C)(C)O)CC1. The molecule has 6 nitrogen and oxygen atoms in total. The van der Waals surface area contributed by atoms with Crippen LogP contribution in [0.4, 0.5) is 0 Å². The van der Waals surface area contributed by atoms with Crippen LogP contribution in [0.3, 0.4) is 0 Å². The van der Waals surface area contributed by atoms with Crippen molar-refractivity contribution in [3.05, 3.63) is 18.2 Å². The maximum atomic E-state index is 12.3. The zero-order valence-electron chi connectivity index (χ0n) is 11.8. The first kappa shape index (κ1) is 14.0. The lowest BCUT2D eigenvalue weighted by Gasteiger charge is -2.37. The largest absolute Gasteiger partial charge is 0.389 e. The summed E-state index contributed by atoms with van der Waals surface area (Å²) in [7, 11) is 1.82. The molecule has 6 heteroatoms. The van der Waals surface area contributed by atoms with E-state index in [1.807, 2.05) is 11.9 Å². The van der Waals surface area contributed by atoms with Gasteiger partial charge in [-0.1, -0.05) is 0 Å². The number of aromatic nitrogens is 2. The Morgan fingerprint density at radius 2 is 2.00 bits per heavy atom. The van der Waals surface area contributed by atoms with Crippen molar-refractivity contribution in [1.82, 2.24) is 19.4 Å². The van der Waals surface area contributed by atoms with Crippen LogP contribution in [0.1, 0.15) is 24.3 Å². The van der Waals surface area contributed by atoms with Crippen LogP contribution in [0.15, 0.2) is 12.5 Å². The van der Waals surface area contributed by atoms with Crippen molar-refractivity contribution in [3.63, 3.8) is 0 Å². The van der Waals surface area contributed by atoms with Crippen molar-refractivity contribution >= 4 is 5.91 Å². The summed E-state index contributed by atoms with van der Waals surface area (Å²) >= 11 is 0. The van der Waals surface area contributed by atoms with Crippen LogP contribution in [0.25, 0.3) is 0 Å². The molecule has 0 saturated carbocycles. The minimum absolute atomic E-state index is 0.0305. The highest BCUT2D eigenvalue weighted by Crippen LogP contribution is 2.11. The van der Waals surface area contributed by atoms with Gasteiger partial charge in [-0.2, -0.15) is 0 Å². The second-order valence-electron chi connectivity index (χ2n) is 5.77. The predicted octanol–water partition coefficient (Wildman–Crippen LogP) is -0.0512. The molecule has 0 aromatic carbocycles. The number of nitrogens with zero attached hydrogens (tertiary/aromatic N) is 4. The topological polar surface area (TPSA) is 61.6 Å². The summed E-state index contributed by atoms with van der Waals surface area (Å²) in [5.41, 5.74) is -0.0651. The summed E-state index contributed by atoms with van der Waals surface area (Å²) < 4.78 is 1.74.